The third-order valence-corrected chi connectivity index (χ3v) is 1.70. The van der Waals surface area contributed by atoms with Crippen LogP contribution >= 0.6 is 0 Å². The molecule has 0 aromatic heterocycles. The zero-order chi connectivity index (χ0) is 10.3. The fourth-order valence-electron chi connectivity index (χ4n) is 1.12. The van der Waals surface area contributed by atoms with Gasteiger partial charge in [-0.1, -0.05) is 33.9 Å². The van der Waals surface area contributed by atoms with Gasteiger partial charge in [0.25, 0.3) is 0 Å². The number of hydrogen-bond donors (Lipinski definition) is 1. The number of rotatable bonds is 1. The fourth-order valence-corrected chi connectivity index (χ4v) is 1.12. The molecule has 0 atom stereocenters. The molecule has 0 aromatic carbocycles. The van der Waals surface area contributed by atoms with E-state index in [4.69, 9.17) is 0 Å². The topological polar surface area (TPSA) is 32.3 Å². The Kier molecular flexibility index (Phi) is 9.09. The molecule has 1 heterocycles. The van der Waals surface area contributed by atoms with Crippen LogP contribution in [-0.2, 0) is 0 Å². The lowest BCUT2D eigenvalue weighted by molar-refractivity contribution is 0.217. The maximum Gasteiger partial charge on any atom is 0.325 e. The second-order valence-corrected chi connectivity index (χ2v) is 2.31. The van der Waals surface area contributed by atoms with E-state index in [1.54, 1.807) is 0 Å². The van der Waals surface area contributed by atoms with Crippen molar-refractivity contribution in [2.75, 3.05) is 6.54 Å². The highest BCUT2D eigenvalue weighted by Gasteiger charge is 2.18. The quantitative estimate of drug-likeness (QED) is 0.691. The average molecular weight is 200 g/mol. The summed E-state index contributed by atoms with van der Waals surface area (Å²) in [5.74, 6) is 0. The summed E-state index contributed by atoms with van der Waals surface area (Å²) in [6.07, 6.45) is 4.35. The number of allylic oxidation sites excluding steroid dienone is 1. The van der Waals surface area contributed by atoms with Gasteiger partial charge in [-0.05, 0) is 6.92 Å². The van der Waals surface area contributed by atoms with Crippen molar-refractivity contribution in [2.24, 2.45) is 0 Å². The van der Waals surface area contributed by atoms with E-state index in [0.717, 1.165) is 18.7 Å². The normalized spacial score (nSPS) is 17.5. The summed E-state index contributed by atoms with van der Waals surface area (Å²) in [6.45, 7) is 10.2. The molecule has 0 aliphatic carbocycles. The molecule has 0 aromatic rings. The van der Waals surface area contributed by atoms with Crippen LogP contribution in [0.3, 0.4) is 0 Å². The first-order valence-corrected chi connectivity index (χ1v) is 4.64. The van der Waals surface area contributed by atoms with E-state index in [1.807, 2.05) is 26.8 Å². The molecule has 3 nitrogen and oxygen atoms in total. The van der Waals surface area contributed by atoms with Crippen LogP contribution in [0.1, 0.15) is 36.0 Å². The molecule has 1 aliphatic heterocycles. The van der Waals surface area contributed by atoms with E-state index >= 15 is 0 Å². The lowest BCUT2D eigenvalue weighted by Crippen LogP contribution is -2.41. The van der Waals surface area contributed by atoms with E-state index in [9.17, 15) is 4.79 Å². The SMILES string of the molecule is C.C=CN1C(=O)NCC/C1=C/C.CC.[HH]. The van der Waals surface area contributed by atoms with E-state index in [1.165, 1.54) is 11.1 Å². The second kappa shape index (κ2) is 8.35. The summed E-state index contributed by atoms with van der Waals surface area (Å²) < 4.78 is 0. The summed E-state index contributed by atoms with van der Waals surface area (Å²) in [5.41, 5.74) is 1.02. The van der Waals surface area contributed by atoms with Crippen LogP contribution in [0, 0.1) is 0 Å². The van der Waals surface area contributed by atoms with E-state index in [0.29, 0.717) is 0 Å². The summed E-state index contributed by atoms with van der Waals surface area (Å²) in [4.78, 5) is 12.6. The van der Waals surface area contributed by atoms with Gasteiger partial charge in [0.15, 0.2) is 0 Å². The first-order chi connectivity index (χ1) is 6.29. The fraction of sp³-hybridized carbons (Fsp3) is 0.545. The van der Waals surface area contributed by atoms with Gasteiger partial charge >= 0.3 is 6.03 Å². The molecular formula is C11H24N2O. The van der Waals surface area contributed by atoms with Gasteiger partial charge in [0.2, 0.25) is 0 Å². The number of urea groups is 1. The van der Waals surface area contributed by atoms with Crippen LogP contribution < -0.4 is 5.32 Å². The van der Waals surface area contributed by atoms with Crippen LogP contribution in [0.25, 0.3) is 0 Å². The first-order valence-electron chi connectivity index (χ1n) is 4.64. The maximum absolute atomic E-state index is 11.1. The first kappa shape index (κ1) is 15.2. The van der Waals surface area contributed by atoms with Crippen molar-refractivity contribution in [2.45, 2.75) is 34.6 Å². The smallest absolute Gasteiger partial charge is 0.325 e. The highest BCUT2D eigenvalue weighted by Crippen LogP contribution is 2.12. The van der Waals surface area contributed by atoms with Crippen molar-refractivity contribution in [3.63, 3.8) is 0 Å². The van der Waals surface area contributed by atoms with Crippen LogP contribution in [0.4, 0.5) is 4.79 Å². The van der Waals surface area contributed by atoms with Crippen LogP contribution in [0.5, 0.6) is 0 Å². The van der Waals surface area contributed by atoms with E-state index in [2.05, 4.69) is 11.9 Å². The maximum atomic E-state index is 11.1. The molecule has 2 amide bonds. The molecule has 1 rings (SSSR count). The largest absolute Gasteiger partial charge is 0.337 e. The lowest BCUT2D eigenvalue weighted by Gasteiger charge is -2.26. The minimum absolute atomic E-state index is 0. The molecule has 0 spiro atoms. The summed E-state index contributed by atoms with van der Waals surface area (Å²) in [7, 11) is 0. The highest BCUT2D eigenvalue weighted by molar-refractivity contribution is 5.78. The molecule has 1 aliphatic rings. The molecular weight excluding hydrogens is 176 g/mol. The second-order valence-electron chi connectivity index (χ2n) is 2.31. The summed E-state index contributed by atoms with van der Waals surface area (Å²) in [6, 6.07) is -0.0839. The van der Waals surface area contributed by atoms with Gasteiger partial charge in [-0.15, -0.1) is 0 Å². The summed E-state index contributed by atoms with van der Waals surface area (Å²) >= 11 is 0. The number of hydrogen-bond acceptors (Lipinski definition) is 1. The number of nitrogens with zero attached hydrogens (tertiary/aromatic N) is 1. The lowest BCUT2D eigenvalue weighted by atomic mass is 10.2. The Morgan fingerprint density at radius 3 is 2.50 bits per heavy atom. The van der Waals surface area contributed by atoms with E-state index in [-0.39, 0.29) is 14.9 Å². The molecule has 1 fully saturated rings. The Morgan fingerprint density at radius 2 is 2.14 bits per heavy atom. The molecule has 3 heteroatoms. The van der Waals surface area contributed by atoms with Crippen LogP contribution in [-0.4, -0.2) is 17.5 Å². The molecule has 14 heavy (non-hydrogen) atoms. The minimum atomic E-state index is -0.0839. The van der Waals surface area contributed by atoms with Crippen molar-refractivity contribution >= 4 is 6.03 Å². The summed E-state index contributed by atoms with van der Waals surface area (Å²) in [5, 5.41) is 2.72. The van der Waals surface area contributed by atoms with Crippen molar-refractivity contribution in [3.8, 4) is 0 Å². The van der Waals surface area contributed by atoms with Gasteiger partial charge in [0.05, 0.1) is 0 Å². The van der Waals surface area contributed by atoms with Crippen molar-refractivity contribution in [3.05, 3.63) is 24.6 Å². The third kappa shape index (κ3) is 3.64. The Bertz CT molecular complexity index is 215. The van der Waals surface area contributed by atoms with Gasteiger partial charge < -0.3 is 5.32 Å². The predicted molar refractivity (Wildman–Crippen MR) is 64.0 cm³/mol. The zero-order valence-electron chi connectivity index (χ0n) is 8.63. The van der Waals surface area contributed by atoms with Gasteiger partial charge in [0.1, 0.15) is 0 Å². The molecule has 1 N–H and O–H groups in total. The standard InChI is InChI=1S/C8H12N2O.C2H6.CH4.H2/c1-3-7-5-6-9-8(11)10(7)4-2;1-2;;/h3-4H,2,5-6H2,1H3,(H,9,11);1-2H3;1H4;1H/b7-3-;;;. The van der Waals surface area contributed by atoms with Crippen molar-refractivity contribution in [1.82, 2.24) is 10.2 Å². The molecule has 1 saturated heterocycles. The number of amides is 2. The Labute approximate surface area is 89.0 Å². The van der Waals surface area contributed by atoms with Gasteiger partial charge in [-0.3, -0.25) is 4.90 Å². The number of carbonyl (C=O) groups excluding carboxylic acids is 1. The Hall–Kier alpha value is -1.25. The molecule has 84 valence electrons. The van der Waals surface area contributed by atoms with Gasteiger partial charge in [-0.2, -0.15) is 0 Å². The monoisotopic (exact) mass is 200 g/mol. The number of carbonyl (C=O) groups is 1. The van der Waals surface area contributed by atoms with Crippen molar-refractivity contribution in [1.29, 1.82) is 0 Å². The minimum Gasteiger partial charge on any atom is -0.337 e. The predicted octanol–water partition coefficient (Wildman–Crippen LogP) is 3.36. The third-order valence-electron chi connectivity index (χ3n) is 1.70. The Morgan fingerprint density at radius 1 is 1.57 bits per heavy atom. The van der Waals surface area contributed by atoms with Gasteiger partial charge in [-0.25, -0.2) is 4.79 Å². The average Bonchev–Trinajstić information content (AvgIpc) is 2.20. The highest BCUT2D eigenvalue weighted by atomic mass is 16.2. The molecule has 0 radical (unpaired) electrons. The van der Waals surface area contributed by atoms with Crippen molar-refractivity contribution < 1.29 is 6.22 Å². The van der Waals surface area contributed by atoms with Crippen LogP contribution in [0.2, 0.25) is 0 Å². The molecule has 0 bridgehead atoms. The van der Waals surface area contributed by atoms with Crippen LogP contribution in [0.15, 0.2) is 24.6 Å². The zero-order valence-corrected chi connectivity index (χ0v) is 8.63. The Balaban J connectivity index is -0.000000339. The van der Waals surface area contributed by atoms with Gasteiger partial charge in [0, 0.05) is 26.3 Å². The molecule has 0 saturated carbocycles. The van der Waals surface area contributed by atoms with E-state index < -0.39 is 0 Å². The molecule has 0 unspecified atom stereocenters. The number of nitrogens with one attached hydrogen (secondary N) is 1.